The Morgan fingerprint density at radius 3 is 2.26 bits per heavy atom. The summed E-state index contributed by atoms with van der Waals surface area (Å²) in [5.41, 5.74) is -1.01. The van der Waals surface area contributed by atoms with Gasteiger partial charge in [-0.1, -0.05) is 36.4 Å². The molecule has 16 heteroatoms. The van der Waals surface area contributed by atoms with Crippen LogP contribution in [0.25, 0.3) is 5.69 Å². The van der Waals surface area contributed by atoms with Gasteiger partial charge < -0.3 is 15.1 Å². The average molecular weight is 658 g/mol. The Kier molecular flexibility index (Phi) is 9.64. The fourth-order valence-electron chi connectivity index (χ4n) is 4.84. The van der Waals surface area contributed by atoms with E-state index in [1.807, 2.05) is 19.0 Å². The van der Waals surface area contributed by atoms with Crippen molar-refractivity contribution in [2.75, 3.05) is 37.6 Å². The van der Waals surface area contributed by atoms with Crippen molar-refractivity contribution in [3.63, 3.8) is 0 Å². The summed E-state index contributed by atoms with van der Waals surface area (Å²) in [6, 6.07) is 15.1. The van der Waals surface area contributed by atoms with Crippen molar-refractivity contribution >= 4 is 23.4 Å². The molecule has 1 aliphatic rings. The molecule has 0 bridgehead atoms. The van der Waals surface area contributed by atoms with E-state index in [0.717, 1.165) is 22.8 Å². The van der Waals surface area contributed by atoms with Crippen LogP contribution in [0.5, 0.6) is 0 Å². The van der Waals surface area contributed by atoms with Crippen LogP contribution in [-0.2, 0) is 9.63 Å². The van der Waals surface area contributed by atoms with E-state index in [1.165, 1.54) is 54.7 Å². The Bertz CT molecular complexity index is 1800. The number of carbonyl (C=O) groups excluding carboxylic acids is 2. The van der Waals surface area contributed by atoms with Crippen molar-refractivity contribution in [2.45, 2.75) is 18.5 Å². The Labute approximate surface area is 264 Å². The van der Waals surface area contributed by atoms with Crippen LogP contribution >= 0.6 is 0 Å². The van der Waals surface area contributed by atoms with Crippen molar-refractivity contribution in [3.05, 3.63) is 118 Å². The number of nitrogens with one attached hydrogen (secondary N) is 3. The zero-order valence-electron chi connectivity index (χ0n) is 24.9. The molecule has 0 saturated heterocycles. The molecule has 1 amide bonds. The van der Waals surface area contributed by atoms with E-state index in [-0.39, 0.29) is 22.1 Å². The summed E-state index contributed by atoms with van der Waals surface area (Å²) in [7, 11) is 3.75. The lowest BCUT2D eigenvalue weighted by molar-refractivity contribution is -0.199. The van der Waals surface area contributed by atoms with Crippen LogP contribution < -0.4 is 26.7 Å². The number of halogens is 5. The Morgan fingerprint density at radius 1 is 0.979 bits per heavy atom. The van der Waals surface area contributed by atoms with E-state index in [4.69, 9.17) is 0 Å². The molecule has 3 N–H and O–H groups in total. The van der Waals surface area contributed by atoms with E-state index in [2.05, 4.69) is 25.8 Å². The minimum Gasteiger partial charge on any atom is -0.343 e. The molecular formula is C31H28F5N7O4. The maximum absolute atomic E-state index is 14.9. The molecule has 2 unspecified atom stereocenters. The lowest BCUT2D eigenvalue weighted by Gasteiger charge is -2.36. The number of hydrogen-bond acceptors (Lipinski definition) is 9. The molecular weight excluding hydrogens is 629 g/mol. The first-order chi connectivity index (χ1) is 22.3. The van der Waals surface area contributed by atoms with Crippen molar-refractivity contribution < 1.29 is 36.4 Å². The first kappa shape index (κ1) is 33.2. The minimum atomic E-state index is -5.36. The second kappa shape index (κ2) is 13.7. The number of carbonyl (C=O) groups is 2. The summed E-state index contributed by atoms with van der Waals surface area (Å²) in [4.78, 5) is 48.2. The predicted octanol–water partition coefficient (Wildman–Crippen LogP) is 3.72. The van der Waals surface area contributed by atoms with Gasteiger partial charge in [-0.05, 0) is 56.1 Å². The van der Waals surface area contributed by atoms with Crippen molar-refractivity contribution in [3.8, 4) is 5.69 Å². The highest BCUT2D eigenvalue weighted by Gasteiger charge is 2.44. The van der Waals surface area contributed by atoms with Crippen LogP contribution in [0.2, 0.25) is 0 Å². The smallest absolute Gasteiger partial charge is 0.343 e. The van der Waals surface area contributed by atoms with Gasteiger partial charge in [0.25, 0.3) is 5.91 Å². The number of nitrogens with zero attached hydrogens (tertiary/aromatic N) is 4. The van der Waals surface area contributed by atoms with Crippen LogP contribution in [0.4, 0.5) is 33.5 Å². The third kappa shape index (κ3) is 7.29. The van der Waals surface area contributed by atoms with Gasteiger partial charge in [0.05, 0.1) is 11.7 Å². The summed E-state index contributed by atoms with van der Waals surface area (Å²) in [5.74, 6) is -5.58. The lowest BCUT2D eigenvalue weighted by atomic mass is 9.97. The number of hydrogen-bond donors (Lipinski definition) is 3. The number of hydroxylamine groups is 1. The van der Waals surface area contributed by atoms with E-state index in [0.29, 0.717) is 24.2 Å². The third-order valence-electron chi connectivity index (χ3n) is 7.07. The first-order valence-corrected chi connectivity index (χ1v) is 14.1. The lowest BCUT2D eigenvalue weighted by Crippen LogP contribution is -2.55. The average Bonchev–Trinajstić information content (AvgIpc) is 3.03. The number of anilines is 2. The Balaban J connectivity index is 1.53. The number of alkyl halides is 3. The molecule has 0 aliphatic carbocycles. The van der Waals surface area contributed by atoms with E-state index < -0.39 is 53.4 Å². The molecule has 2 atom stereocenters. The fraction of sp³-hybridized carbons (Fsp3) is 0.226. The highest BCUT2D eigenvalue weighted by atomic mass is 19.4. The Hall–Kier alpha value is -5.19. The molecule has 0 radical (unpaired) electrons. The zero-order valence-corrected chi connectivity index (χ0v) is 24.9. The molecule has 2 heterocycles. The molecule has 47 heavy (non-hydrogen) atoms. The number of amides is 1. The topological polar surface area (TPSA) is 121 Å². The number of rotatable bonds is 8. The third-order valence-corrected chi connectivity index (χ3v) is 7.07. The first-order valence-electron chi connectivity index (χ1n) is 14.1. The van der Waals surface area contributed by atoms with Crippen LogP contribution in [0.3, 0.4) is 0 Å². The zero-order chi connectivity index (χ0) is 33.9. The number of benzene rings is 3. The normalized spacial score (nSPS) is 15.9. The van der Waals surface area contributed by atoms with Gasteiger partial charge >= 0.3 is 17.8 Å². The van der Waals surface area contributed by atoms with Crippen molar-refractivity contribution in [1.29, 1.82) is 0 Å². The summed E-state index contributed by atoms with van der Waals surface area (Å²) in [6.07, 6.45) is -4.84. The number of likely N-dealkylation sites (N-methyl/N-ethyl adjacent to an activating group) is 1. The van der Waals surface area contributed by atoms with Gasteiger partial charge in [-0.25, -0.2) is 27.9 Å². The van der Waals surface area contributed by atoms with Gasteiger partial charge in [0.15, 0.2) is 0 Å². The summed E-state index contributed by atoms with van der Waals surface area (Å²) in [5, 5.41) is 9.84. The number of aromatic nitrogens is 2. The largest absolute Gasteiger partial charge is 0.493 e. The van der Waals surface area contributed by atoms with Crippen molar-refractivity contribution in [1.82, 2.24) is 25.1 Å². The SMILES string of the molecule is CN(C)CCNC1Nc2c(cnc(=O)n2-c2c(F)cccc2F)C(c2ccc(C(=O)N(OC(=O)C(F)(F)F)c3ccccc3)cc2)N1. The molecule has 4 aromatic rings. The van der Waals surface area contributed by atoms with Gasteiger partial charge in [-0.3, -0.25) is 15.4 Å². The van der Waals surface area contributed by atoms with Crippen LogP contribution in [-0.4, -0.2) is 66.0 Å². The molecule has 0 spiro atoms. The van der Waals surface area contributed by atoms with Crippen molar-refractivity contribution in [2.24, 2.45) is 0 Å². The summed E-state index contributed by atoms with van der Waals surface area (Å²) in [6.45, 7) is 1.08. The minimum absolute atomic E-state index is 0.0505. The molecule has 11 nitrogen and oxygen atoms in total. The monoisotopic (exact) mass is 657 g/mol. The highest BCUT2D eigenvalue weighted by molar-refractivity contribution is 6.05. The fourth-order valence-corrected chi connectivity index (χ4v) is 4.84. The van der Waals surface area contributed by atoms with Gasteiger partial charge in [-0.15, -0.1) is 5.06 Å². The molecule has 1 aromatic heterocycles. The number of para-hydroxylation sites is 2. The summed E-state index contributed by atoms with van der Waals surface area (Å²) >= 11 is 0. The molecule has 0 saturated carbocycles. The summed E-state index contributed by atoms with van der Waals surface area (Å²) < 4.78 is 69.7. The molecule has 5 rings (SSSR count). The van der Waals surface area contributed by atoms with Crippen LogP contribution in [0.1, 0.15) is 27.5 Å². The molecule has 1 aliphatic heterocycles. The quantitative estimate of drug-likeness (QED) is 0.192. The van der Waals surface area contributed by atoms with Gasteiger partial charge in [0.1, 0.15) is 29.4 Å². The van der Waals surface area contributed by atoms with E-state index >= 15 is 0 Å². The Morgan fingerprint density at radius 2 is 1.64 bits per heavy atom. The second-order valence-corrected chi connectivity index (χ2v) is 10.6. The maximum atomic E-state index is 14.9. The maximum Gasteiger partial charge on any atom is 0.493 e. The van der Waals surface area contributed by atoms with E-state index in [9.17, 15) is 36.3 Å². The predicted molar refractivity (Wildman–Crippen MR) is 161 cm³/mol. The number of fused-ring (bicyclic) bond motifs is 1. The molecule has 0 fully saturated rings. The van der Waals surface area contributed by atoms with Gasteiger partial charge in [0.2, 0.25) is 0 Å². The van der Waals surface area contributed by atoms with E-state index in [1.54, 1.807) is 6.07 Å². The second-order valence-electron chi connectivity index (χ2n) is 10.6. The van der Waals surface area contributed by atoms with Gasteiger partial charge in [-0.2, -0.15) is 13.2 Å². The van der Waals surface area contributed by atoms with Crippen LogP contribution in [0.15, 0.2) is 83.8 Å². The standard InChI is InChI=1S/C31H28F5N7O4/c1-41(2)16-15-37-29-39-24(21-17-38-30(46)42(26(21)40-29)25-22(32)9-6-10-23(25)33)18-11-13-19(14-12-18)27(44)43(20-7-4-3-5-8-20)47-28(45)31(34,35)36/h3-14,17,24,29,37,39-40H,15-16H2,1-2H3. The van der Waals surface area contributed by atoms with Crippen LogP contribution in [0, 0.1) is 11.6 Å². The van der Waals surface area contributed by atoms with Gasteiger partial charge in [0, 0.05) is 30.4 Å². The molecule has 3 aromatic carbocycles. The molecule has 246 valence electrons. The highest BCUT2D eigenvalue weighted by Crippen LogP contribution is 2.34.